The van der Waals surface area contributed by atoms with E-state index >= 15 is 0 Å². The maximum atomic E-state index is 14.1. The molecular weight excluding hydrogens is 616 g/mol. The minimum absolute atomic E-state index is 0.000901. The van der Waals surface area contributed by atoms with Crippen LogP contribution in [0.5, 0.6) is 0 Å². The van der Waals surface area contributed by atoms with E-state index in [0.717, 1.165) is 36.8 Å². The molecule has 1 aromatic rings. The van der Waals surface area contributed by atoms with Crippen LogP contribution in [0.15, 0.2) is 18.2 Å². The second-order valence-corrected chi connectivity index (χ2v) is 14.5. The van der Waals surface area contributed by atoms with E-state index in [2.05, 4.69) is 10.6 Å². The van der Waals surface area contributed by atoms with Crippen molar-refractivity contribution in [3.8, 4) is 0 Å². The Balaban J connectivity index is 1.36. The Labute approximate surface area is 274 Å². The number of nitrogens with one attached hydrogen (secondary N) is 2. The maximum Gasteiger partial charge on any atom is 0.410 e. The number of halogens is 1. The van der Waals surface area contributed by atoms with Gasteiger partial charge in [-0.1, -0.05) is 49.8 Å². The molecule has 0 radical (unpaired) electrons. The molecular formula is C33H45ClN4O8. The summed E-state index contributed by atoms with van der Waals surface area (Å²) >= 11 is 6.17. The predicted molar refractivity (Wildman–Crippen MR) is 168 cm³/mol. The van der Waals surface area contributed by atoms with Gasteiger partial charge in [-0.15, -0.1) is 0 Å². The van der Waals surface area contributed by atoms with E-state index in [-0.39, 0.29) is 18.9 Å². The second kappa shape index (κ2) is 13.7. The summed E-state index contributed by atoms with van der Waals surface area (Å²) in [6.45, 7) is 5.86. The molecule has 4 amide bonds. The van der Waals surface area contributed by atoms with Gasteiger partial charge in [-0.05, 0) is 75.6 Å². The molecule has 13 heteroatoms. The Morgan fingerprint density at radius 3 is 2.50 bits per heavy atom. The average molecular weight is 661 g/mol. The third-order valence-electron chi connectivity index (χ3n) is 9.42. The summed E-state index contributed by atoms with van der Waals surface area (Å²) in [6.07, 6.45) is 4.02. The van der Waals surface area contributed by atoms with Gasteiger partial charge in [0, 0.05) is 24.5 Å². The first-order valence-electron chi connectivity index (χ1n) is 16.3. The molecule has 1 aromatic carbocycles. The van der Waals surface area contributed by atoms with Crippen molar-refractivity contribution in [2.24, 2.45) is 5.92 Å². The predicted octanol–water partition coefficient (Wildman–Crippen LogP) is 4.40. The van der Waals surface area contributed by atoms with Crippen LogP contribution < -0.4 is 10.6 Å². The standard InChI is InChI=1S/C33H45ClN4O8/c1-32(2,3)46-30(43)35-25-10-8-6-4-5-7-9-22-17-33(22,29(41)42)36-27(39)26-16-24(19-38(26)28(25)40)45-31(44)37-14-13-20-11-12-23(34)15-21(20)18-37/h11-12,15,22,24-26H,4-10,13-14,16-19H2,1-3H3,(H,35,43)(H,36,39)(H,41,42)/t22-,24-,25+,26+,33-/m1/s1. The van der Waals surface area contributed by atoms with Gasteiger partial charge in [0.15, 0.2) is 0 Å². The fourth-order valence-electron chi connectivity index (χ4n) is 6.90. The van der Waals surface area contributed by atoms with E-state index in [1.165, 1.54) is 4.90 Å². The first-order chi connectivity index (χ1) is 21.8. The molecule has 2 saturated heterocycles. The maximum absolute atomic E-state index is 14.1. The van der Waals surface area contributed by atoms with Crippen LogP contribution in [-0.4, -0.2) is 87.3 Å². The highest BCUT2D eigenvalue weighted by molar-refractivity contribution is 6.30. The lowest BCUT2D eigenvalue weighted by atomic mass is 10.0. The molecule has 1 saturated carbocycles. The lowest BCUT2D eigenvalue weighted by molar-refractivity contribution is -0.146. The number of amides is 4. The van der Waals surface area contributed by atoms with Gasteiger partial charge in [-0.2, -0.15) is 0 Å². The molecule has 0 spiro atoms. The molecule has 252 valence electrons. The summed E-state index contributed by atoms with van der Waals surface area (Å²) in [5, 5.41) is 16.1. The van der Waals surface area contributed by atoms with Gasteiger partial charge in [-0.25, -0.2) is 14.4 Å². The number of carboxylic acids is 1. The Hall–Kier alpha value is -3.54. The summed E-state index contributed by atoms with van der Waals surface area (Å²) in [4.78, 5) is 69.3. The number of hydrogen-bond donors (Lipinski definition) is 3. The molecule has 12 nitrogen and oxygen atoms in total. The van der Waals surface area contributed by atoms with Crippen molar-refractivity contribution >= 4 is 41.6 Å². The normalized spacial score (nSPS) is 28.8. The van der Waals surface area contributed by atoms with Gasteiger partial charge in [0.05, 0.1) is 6.54 Å². The Kier molecular flexibility index (Phi) is 10.0. The van der Waals surface area contributed by atoms with E-state index in [1.54, 1.807) is 25.7 Å². The molecule has 3 aliphatic heterocycles. The molecule has 0 bridgehead atoms. The van der Waals surface area contributed by atoms with Gasteiger partial charge in [0.2, 0.25) is 11.8 Å². The summed E-state index contributed by atoms with van der Waals surface area (Å²) in [6, 6.07) is 3.53. The minimum Gasteiger partial charge on any atom is -0.479 e. The zero-order valence-electron chi connectivity index (χ0n) is 26.8. The van der Waals surface area contributed by atoms with E-state index in [1.807, 2.05) is 18.2 Å². The SMILES string of the molecule is CC(C)(C)OC(=O)N[C@H]1CCCCCCC[C@@H]2C[C@@]2(C(=O)O)NC(=O)[C@@H]2C[C@@H](OC(=O)N3CCc4ccc(Cl)cc4C3)CN2C1=O. The fraction of sp³-hybridized carbons (Fsp3) is 0.667. The van der Waals surface area contributed by atoms with Crippen molar-refractivity contribution in [3.63, 3.8) is 0 Å². The number of alkyl carbamates (subject to hydrolysis) is 1. The van der Waals surface area contributed by atoms with Crippen LogP contribution in [0.25, 0.3) is 0 Å². The molecule has 3 fully saturated rings. The van der Waals surface area contributed by atoms with Crippen LogP contribution in [0, 0.1) is 5.92 Å². The number of rotatable bonds is 3. The van der Waals surface area contributed by atoms with Crippen molar-refractivity contribution in [2.75, 3.05) is 13.1 Å². The number of carboxylic acid groups (broad SMARTS) is 1. The Morgan fingerprint density at radius 1 is 1.07 bits per heavy atom. The van der Waals surface area contributed by atoms with Gasteiger partial charge >= 0.3 is 18.2 Å². The highest BCUT2D eigenvalue weighted by Crippen LogP contribution is 2.47. The second-order valence-electron chi connectivity index (χ2n) is 14.0. The number of fused-ring (bicyclic) bond motifs is 3. The zero-order chi connectivity index (χ0) is 33.2. The molecule has 5 rings (SSSR count). The van der Waals surface area contributed by atoms with Crippen LogP contribution in [0.4, 0.5) is 9.59 Å². The van der Waals surface area contributed by atoms with Crippen LogP contribution in [0.1, 0.15) is 89.7 Å². The van der Waals surface area contributed by atoms with Gasteiger partial charge in [0.1, 0.15) is 29.3 Å². The highest BCUT2D eigenvalue weighted by Gasteiger charge is 2.62. The molecule has 3 heterocycles. The van der Waals surface area contributed by atoms with Gasteiger partial charge in [-0.3, -0.25) is 9.59 Å². The monoisotopic (exact) mass is 660 g/mol. The molecule has 4 aliphatic rings. The smallest absolute Gasteiger partial charge is 0.410 e. The Morgan fingerprint density at radius 2 is 1.78 bits per heavy atom. The molecule has 5 atom stereocenters. The van der Waals surface area contributed by atoms with E-state index < -0.39 is 59.3 Å². The molecule has 0 aromatic heterocycles. The lowest BCUT2D eigenvalue weighted by Crippen LogP contribution is -2.56. The van der Waals surface area contributed by atoms with E-state index in [4.69, 9.17) is 21.1 Å². The summed E-state index contributed by atoms with van der Waals surface area (Å²) in [5.74, 6) is -2.39. The first-order valence-corrected chi connectivity index (χ1v) is 16.7. The van der Waals surface area contributed by atoms with Gasteiger partial charge in [0.25, 0.3) is 0 Å². The van der Waals surface area contributed by atoms with Crippen molar-refractivity contribution in [2.45, 2.75) is 121 Å². The first kappa shape index (κ1) is 33.8. The largest absolute Gasteiger partial charge is 0.479 e. The molecule has 0 unspecified atom stereocenters. The Bertz CT molecular complexity index is 1370. The molecule has 3 N–H and O–H groups in total. The van der Waals surface area contributed by atoms with Gasteiger partial charge < -0.3 is 35.0 Å². The van der Waals surface area contributed by atoms with Crippen LogP contribution >= 0.6 is 11.6 Å². The van der Waals surface area contributed by atoms with Crippen molar-refractivity contribution in [3.05, 3.63) is 34.3 Å². The zero-order valence-corrected chi connectivity index (χ0v) is 27.6. The summed E-state index contributed by atoms with van der Waals surface area (Å²) in [5.41, 5.74) is -0.124. The van der Waals surface area contributed by atoms with Crippen LogP contribution in [-0.2, 0) is 36.8 Å². The number of nitrogens with zero attached hydrogens (tertiary/aromatic N) is 2. The quantitative estimate of drug-likeness (QED) is 0.431. The summed E-state index contributed by atoms with van der Waals surface area (Å²) in [7, 11) is 0. The van der Waals surface area contributed by atoms with E-state index in [9.17, 15) is 29.1 Å². The van der Waals surface area contributed by atoms with Crippen molar-refractivity contribution in [1.29, 1.82) is 0 Å². The highest BCUT2D eigenvalue weighted by atomic mass is 35.5. The number of hydrogen-bond acceptors (Lipinski definition) is 7. The third kappa shape index (κ3) is 7.87. The number of aliphatic carboxylic acids is 1. The fourth-order valence-corrected chi connectivity index (χ4v) is 7.09. The van der Waals surface area contributed by atoms with Crippen LogP contribution in [0.2, 0.25) is 5.02 Å². The average Bonchev–Trinajstić information content (AvgIpc) is 3.51. The number of benzene rings is 1. The third-order valence-corrected chi connectivity index (χ3v) is 9.66. The lowest BCUT2D eigenvalue weighted by Gasteiger charge is -2.30. The topological polar surface area (TPSA) is 155 Å². The molecule has 1 aliphatic carbocycles. The van der Waals surface area contributed by atoms with E-state index in [0.29, 0.717) is 50.2 Å². The van der Waals surface area contributed by atoms with Crippen molar-refractivity contribution < 1.29 is 38.6 Å². The van der Waals surface area contributed by atoms with Crippen molar-refractivity contribution in [1.82, 2.24) is 20.4 Å². The summed E-state index contributed by atoms with van der Waals surface area (Å²) < 4.78 is 11.3. The van der Waals surface area contributed by atoms with Crippen LogP contribution in [0.3, 0.4) is 0 Å². The number of carbonyl (C=O) groups excluding carboxylic acids is 4. The number of ether oxygens (including phenoxy) is 2. The minimum atomic E-state index is -1.38. The number of carbonyl (C=O) groups is 5. The molecule has 46 heavy (non-hydrogen) atoms.